The van der Waals surface area contributed by atoms with Crippen LogP contribution in [0.3, 0.4) is 0 Å². The van der Waals surface area contributed by atoms with Crippen molar-refractivity contribution in [3.63, 3.8) is 0 Å². The summed E-state index contributed by atoms with van der Waals surface area (Å²) < 4.78 is 5.62. The number of aliphatic hydroxyl groups excluding tert-OH is 4. The lowest BCUT2D eigenvalue weighted by atomic mass is 9.90. The first-order chi connectivity index (χ1) is 15.8. The van der Waals surface area contributed by atoms with Gasteiger partial charge < -0.3 is 35.8 Å². The quantitative estimate of drug-likeness (QED) is 0.338. The van der Waals surface area contributed by atoms with Crippen LogP contribution < -0.4 is 10.6 Å². The second-order valence-corrected chi connectivity index (χ2v) is 7.75. The number of benzene rings is 2. The molecular weight excluding hydrogens is 428 g/mol. The zero-order chi connectivity index (χ0) is 24.1. The standard InChI is InChI=1S/C24H28N2O7/c1-25-23(31)16-9-14(10-17(11-16)24(32)26-2)7-6-13-4-3-5-15(8-13)22-21(30)20(29)19(28)18(12-27)33-22/h3-11,18-22,27-30H,12H2,1-2H3,(H,25,31)(H,26,32)/t18-,19-,20+,21+,22-/m1/s1. The maximum atomic E-state index is 12.1. The van der Waals surface area contributed by atoms with Gasteiger partial charge in [0.05, 0.1) is 6.61 Å². The van der Waals surface area contributed by atoms with Gasteiger partial charge in [0, 0.05) is 25.2 Å². The zero-order valence-electron chi connectivity index (χ0n) is 18.3. The van der Waals surface area contributed by atoms with Gasteiger partial charge in [-0.3, -0.25) is 9.59 Å². The van der Waals surface area contributed by atoms with E-state index in [9.17, 15) is 30.0 Å². The highest BCUT2D eigenvalue weighted by atomic mass is 16.5. The number of carbonyl (C=O) groups is 2. The summed E-state index contributed by atoms with van der Waals surface area (Å²) in [5.74, 6) is -0.639. The Morgan fingerprint density at radius 2 is 1.48 bits per heavy atom. The van der Waals surface area contributed by atoms with E-state index in [1.54, 1.807) is 42.5 Å². The molecule has 1 heterocycles. The average Bonchev–Trinajstić information content (AvgIpc) is 2.85. The Hall–Kier alpha value is -3.08. The van der Waals surface area contributed by atoms with Crippen LogP contribution in [0, 0.1) is 0 Å². The van der Waals surface area contributed by atoms with Crippen LogP contribution in [0.2, 0.25) is 0 Å². The summed E-state index contributed by atoms with van der Waals surface area (Å²) in [4.78, 5) is 24.2. The molecule has 2 aromatic carbocycles. The summed E-state index contributed by atoms with van der Waals surface area (Å²) in [5, 5.41) is 44.9. The first-order valence-electron chi connectivity index (χ1n) is 10.5. The van der Waals surface area contributed by atoms with Crippen molar-refractivity contribution < 1.29 is 34.8 Å². The Morgan fingerprint density at radius 3 is 2.06 bits per heavy atom. The summed E-state index contributed by atoms with van der Waals surface area (Å²) in [6.45, 7) is -0.504. The Labute approximate surface area is 191 Å². The summed E-state index contributed by atoms with van der Waals surface area (Å²) in [6, 6.07) is 11.8. The topological polar surface area (TPSA) is 148 Å². The number of amides is 2. The molecule has 176 valence electrons. The number of aliphatic hydroxyl groups is 4. The molecule has 1 saturated heterocycles. The molecule has 0 unspecified atom stereocenters. The summed E-state index contributed by atoms with van der Waals surface area (Å²) in [7, 11) is 3.02. The Morgan fingerprint density at radius 1 is 0.879 bits per heavy atom. The molecular formula is C24H28N2O7. The third kappa shape index (κ3) is 5.47. The highest BCUT2D eigenvalue weighted by Crippen LogP contribution is 2.32. The Kier molecular flexibility index (Phi) is 7.96. The first kappa shape index (κ1) is 24.6. The SMILES string of the molecule is CNC(=O)c1cc(C=Cc2cccc([C@H]3O[C@H](CO)[C@@H](O)[C@H](O)[C@@H]3O)c2)cc(C(=O)NC)c1. The number of nitrogens with one attached hydrogen (secondary N) is 2. The number of rotatable bonds is 6. The lowest BCUT2D eigenvalue weighted by Gasteiger charge is -2.40. The van der Waals surface area contributed by atoms with Crippen LogP contribution in [0.25, 0.3) is 12.2 Å². The van der Waals surface area contributed by atoms with Crippen molar-refractivity contribution in [3.8, 4) is 0 Å². The molecule has 6 N–H and O–H groups in total. The number of ether oxygens (including phenoxy) is 1. The van der Waals surface area contributed by atoms with Gasteiger partial charge in [-0.2, -0.15) is 0 Å². The van der Waals surface area contributed by atoms with Crippen LogP contribution in [0.1, 0.15) is 43.5 Å². The molecule has 1 fully saturated rings. The van der Waals surface area contributed by atoms with Gasteiger partial charge >= 0.3 is 0 Å². The molecule has 2 amide bonds. The van der Waals surface area contributed by atoms with Crippen molar-refractivity contribution in [2.45, 2.75) is 30.5 Å². The second-order valence-electron chi connectivity index (χ2n) is 7.75. The Bertz CT molecular complexity index is 1000. The number of carbonyl (C=O) groups excluding carboxylic acids is 2. The third-order valence-electron chi connectivity index (χ3n) is 5.53. The maximum absolute atomic E-state index is 12.1. The Balaban J connectivity index is 1.89. The van der Waals surface area contributed by atoms with Gasteiger partial charge in [0.2, 0.25) is 0 Å². The van der Waals surface area contributed by atoms with Crippen molar-refractivity contribution in [3.05, 3.63) is 70.3 Å². The minimum absolute atomic E-state index is 0.319. The molecule has 0 bridgehead atoms. The van der Waals surface area contributed by atoms with E-state index in [4.69, 9.17) is 4.74 Å². The predicted octanol–water partition coefficient (Wildman–Crippen LogP) is 0.0911. The smallest absolute Gasteiger partial charge is 0.251 e. The third-order valence-corrected chi connectivity index (χ3v) is 5.53. The maximum Gasteiger partial charge on any atom is 0.251 e. The minimum Gasteiger partial charge on any atom is -0.394 e. The molecule has 0 saturated carbocycles. The van der Waals surface area contributed by atoms with E-state index in [0.29, 0.717) is 22.3 Å². The van der Waals surface area contributed by atoms with Crippen molar-refractivity contribution >= 4 is 24.0 Å². The fourth-order valence-electron chi connectivity index (χ4n) is 3.71. The van der Waals surface area contributed by atoms with Gasteiger partial charge in [-0.15, -0.1) is 0 Å². The zero-order valence-corrected chi connectivity index (χ0v) is 18.3. The highest BCUT2D eigenvalue weighted by molar-refractivity contribution is 6.00. The van der Waals surface area contributed by atoms with Crippen LogP contribution >= 0.6 is 0 Å². The number of hydrogen-bond donors (Lipinski definition) is 6. The predicted molar refractivity (Wildman–Crippen MR) is 121 cm³/mol. The van der Waals surface area contributed by atoms with Gasteiger partial charge in [0.25, 0.3) is 11.8 Å². The van der Waals surface area contributed by atoms with Crippen molar-refractivity contribution in [2.75, 3.05) is 20.7 Å². The van der Waals surface area contributed by atoms with Gasteiger partial charge in [0.15, 0.2) is 0 Å². The molecule has 1 aliphatic rings. The van der Waals surface area contributed by atoms with Gasteiger partial charge in [0.1, 0.15) is 30.5 Å². The van der Waals surface area contributed by atoms with E-state index in [2.05, 4.69) is 10.6 Å². The lowest BCUT2D eigenvalue weighted by Crippen LogP contribution is -2.55. The van der Waals surface area contributed by atoms with Crippen LogP contribution in [-0.2, 0) is 4.74 Å². The molecule has 1 aliphatic heterocycles. The van der Waals surface area contributed by atoms with Gasteiger partial charge in [-0.25, -0.2) is 0 Å². The van der Waals surface area contributed by atoms with Crippen molar-refractivity contribution in [1.82, 2.24) is 10.6 Å². The molecule has 3 rings (SSSR count). The molecule has 0 aliphatic carbocycles. The number of hydrogen-bond acceptors (Lipinski definition) is 7. The van der Waals surface area contributed by atoms with Crippen LogP contribution in [0.5, 0.6) is 0 Å². The van der Waals surface area contributed by atoms with E-state index in [1.807, 2.05) is 6.07 Å². The van der Waals surface area contributed by atoms with Crippen LogP contribution in [-0.4, -0.2) is 77.4 Å². The summed E-state index contributed by atoms with van der Waals surface area (Å²) in [5.41, 5.74) is 2.60. The van der Waals surface area contributed by atoms with Gasteiger partial charge in [-0.1, -0.05) is 30.4 Å². The summed E-state index contributed by atoms with van der Waals surface area (Å²) >= 11 is 0. The van der Waals surface area contributed by atoms with Crippen molar-refractivity contribution in [2.24, 2.45) is 0 Å². The molecule has 0 aromatic heterocycles. The van der Waals surface area contributed by atoms with E-state index < -0.39 is 37.1 Å². The monoisotopic (exact) mass is 456 g/mol. The van der Waals surface area contributed by atoms with Gasteiger partial charge in [-0.05, 0) is 41.0 Å². The van der Waals surface area contributed by atoms with Crippen molar-refractivity contribution in [1.29, 1.82) is 0 Å². The molecule has 9 heteroatoms. The first-order valence-corrected chi connectivity index (χ1v) is 10.5. The molecule has 2 aromatic rings. The fraction of sp³-hybridized carbons (Fsp3) is 0.333. The lowest BCUT2D eigenvalue weighted by molar-refractivity contribution is -0.231. The normalized spacial score (nSPS) is 25.1. The van der Waals surface area contributed by atoms with E-state index >= 15 is 0 Å². The van der Waals surface area contributed by atoms with E-state index in [1.165, 1.54) is 20.2 Å². The largest absolute Gasteiger partial charge is 0.394 e. The average molecular weight is 456 g/mol. The van der Waals surface area contributed by atoms with E-state index in [0.717, 1.165) is 5.56 Å². The highest BCUT2D eigenvalue weighted by Gasteiger charge is 2.43. The molecule has 9 nitrogen and oxygen atoms in total. The minimum atomic E-state index is -1.46. The molecule has 0 spiro atoms. The summed E-state index contributed by atoms with van der Waals surface area (Å²) in [6.07, 6.45) is -2.69. The fourth-order valence-corrected chi connectivity index (χ4v) is 3.71. The second kappa shape index (κ2) is 10.7. The molecule has 5 atom stereocenters. The van der Waals surface area contributed by atoms with Crippen LogP contribution in [0.4, 0.5) is 0 Å². The van der Waals surface area contributed by atoms with E-state index in [-0.39, 0.29) is 11.8 Å². The molecule has 33 heavy (non-hydrogen) atoms. The molecule has 0 radical (unpaired) electrons. The van der Waals surface area contributed by atoms with Crippen LogP contribution in [0.15, 0.2) is 42.5 Å².